The summed E-state index contributed by atoms with van der Waals surface area (Å²) in [4.78, 5) is 11.3. The molecule has 0 heterocycles. The Bertz CT molecular complexity index is 574. The van der Waals surface area contributed by atoms with Crippen molar-refractivity contribution in [3.05, 3.63) is 28.8 Å². The molecule has 3 nitrogen and oxygen atoms in total. The van der Waals surface area contributed by atoms with Gasteiger partial charge in [0, 0.05) is 5.56 Å². The Kier molecular flexibility index (Phi) is 13.4. The van der Waals surface area contributed by atoms with Crippen LogP contribution in [0.2, 0.25) is 0 Å². The van der Waals surface area contributed by atoms with Gasteiger partial charge >= 0.3 is 51.4 Å². The molecule has 0 aliphatic rings. The van der Waals surface area contributed by atoms with E-state index in [1.54, 1.807) is 6.07 Å². The molecule has 0 atom stereocenters. The Hall–Kier alpha value is 0.126. The summed E-state index contributed by atoms with van der Waals surface area (Å²) < 4.78 is 0. The Morgan fingerprint density at radius 3 is 2.00 bits per heavy atom. The largest absolute Gasteiger partial charge is 1.00 e. The maximum atomic E-state index is 11.3. The zero-order valence-corrected chi connectivity index (χ0v) is 21.5. The fraction of sp³-hybridized carbons (Fsp3) is 0.696. The number of hydrogen-bond donors (Lipinski definition) is 1. The van der Waals surface area contributed by atoms with Gasteiger partial charge in [-0.15, -0.1) is 0 Å². The third kappa shape index (κ3) is 10.5. The number of carboxylic acids is 1. The minimum atomic E-state index is -1.31. The molecule has 0 saturated carbocycles. The molecule has 1 rings (SSSR count). The first-order valence-corrected chi connectivity index (χ1v) is 10.2. The Morgan fingerprint density at radius 2 is 1.52 bits per heavy atom. The summed E-state index contributed by atoms with van der Waals surface area (Å²) in [7, 11) is 0. The summed E-state index contributed by atoms with van der Waals surface area (Å²) in [5, 5.41) is 21.6. The third-order valence-electron chi connectivity index (χ3n) is 5.00. The standard InChI is InChI=1S/C23H38O3.K/c1-17(2)13-11-9-7-6-8-10-12-14-18-15-19(23(3,4)5)16-20(21(18)24)22(25)26;/h15-17,24H,6-14H2,1-5H3,(H,25,26);/q;+1/p-1. The molecule has 0 unspecified atom stereocenters. The topological polar surface area (TPSA) is 60.4 Å². The van der Waals surface area contributed by atoms with Crippen molar-refractivity contribution in [3.8, 4) is 5.75 Å². The number of phenols is 1. The molecule has 0 fully saturated rings. The molecule has 0 bridgehead atoms. The number of hydrogen-bond acceptors (Lipinski definition) is 3. The van der Waals surface area contributed by atoms with Crippen LogP contribution in [-0.2, 0) is 11.8 Å². The van der Waals surface area contributed by atoms with E-state index in [0.29, 0.717) is 6.42 Å². The van der Waals surface area contributed by atoms with Gasteiger partial charge in [0.25, 0.3) is 0 Å². The molecule has 0 amide bonds. The number of aromatic carboxylic acids is 1. The molecule has 0 spiro atoms. The van der Waals surface area contributed by atoms with E-state index in [1.807, 2.05) is 26.8 Å². The molecule has 1 aromatic carbocycles. The summed E-state index contributed by atoms with van der Waals surface area (Å²) >= 11 is 0. The van der Waals surface area contributed by atoms with Crippen LogP contribution in [0.4, 0.5) is 0 Å². The van der Waals surface area contributed by atoms with E-state index in [0.717, 1.165) is 29.9 Å². The molecule has 0 radical (unpaired) electrons. The second-order valence-electron chi connectivity index (χ2n) is 8.98. The minimum absolute atomic E-state index is 0. The zero-order valence-electron chi connectivity index (χ0n) is 18.4. The first kappa shape index (κ1) is 27.1. The summed E-state index contributed by atoms with van der Waals surface area (Å²) in [6, 6.07) is 3.50. The maximum Gasteiger partial charge on any atom is 1.00 e. The smallest absolute Gasteiger partial charge is 0.545 e. The van der Waals surface area contributed by atoms with E-state index >= 15 is 0 Å². The van der Waals surface area contributed by atoms with Crippen LogP contribution in [0.1, 0.15) is 107 Å². The number of benzene rings is 1. The van der Waals surface area contributed by atoms with Gasteiger partial charge in [0.2, 0.25) is 0 Å². The van der Waals surface area contributed by atoms with Crippen molar-refractivity contribution in [3.63, 3.8) is 0 Å². The molecule has 0 aliphatic heterocycles. The van der Waals surface area contributed by atoms with E-state index < -0.39 is 5.97 Å². The average molecular weight is 401 g/mol. The first-order valence-electron chi connectivity index (χ1n) is 10.2. The van der Waals surface area contributed by atoms with Crippen LogP contribution in [0.25, 0.3) is 0 Å². The molecule has 27 heavy (non-hydrogen) atoms. The molecule has 0 saturated heterocycles. The van der Waals surface area contributed by atoms with Crippen molar-refractivity contribution < 1.29 is 66.4 Å². The van der Waals surface area contributed by atoms with Crippen molar-refractivity contribution >= 4 is 5.97 Å². The molecule has 1 N–H and O–H groups in total. The molecule has 4 heteroatoms. The van der Waals surface area contributed by atoms with Crippen LogP contribution in [0.3, 0.4) is 0 Å². The van der Waals surface area contributed by atoms with Crippen molar-refractivity contribution in [2.45, 2.75) is 97.8 Å². The van der Waals surface area contributed by atoms with Gasteiger partial charge in [-0.2, -0.15) is 0 Å². The number of carbonyl (C=O) groups excluding carboxylic acids is 1. The molecule has 1 aromatic rings. The van der Waals surface area contributed by atoms with Gasteiger partial charge in [-0.1, -0.05) is 85.6 Å². The van der Waals surface area contributed by atoms with Crippen molar-refractivity contribution in [1.29, 1.82) is 0 Å². The van der Waals surface area contributed by atoms with Crippen molar-refractivity contribution in [2.75, 3.05) is 0 Å². The van der Waals surface area contributed by atoms with E-state index in [4.69, 9.17) is 0 Å². The number of carboxylic acid groups (broad SMARTS) is 1. The van der Waals surface area contributed by atoms with Gasteiger partial charge in [-0.05, 0) is 41.4 Å². The molecular formula is C23H37KO3. The Balaban J connectivity index is 0.00000676. The fourth-order valence-corrected chi connectivity index (χ4v) is 3.23. The van der Waals surface area contributed by atoms with Crippen LogP contribution in [0.5, 0.6) is 5.75 Å². The quantitative estimate of drug-likeness (QED) is 0.458. The number of aryl methyl sites for hydroxylation is 1. The van der Waals surface area contributed by atoms with Gasteiger partial charge in [0.05, 0.1) is 5.97 Å². The SMILES string of the molecule is CC(C)CCCCCCCCCc1cc(C(C)(C)C)cc(C(=O)[O-])c1O.[K+]. The summed E-state index contributed by atoms with van der Waals surface area (Å²) in [5.74, 6) is -0.625. The van der Waals surface area contributed by atoms with Crippen LogP contribution in [0.15, 0.2) is 12.1 Å². The monoisotopic (exact) mass is 400 g/mol. The van der Waals surface area contributed by atoms with Crippen LogP contribution in [-0.4, -0.2) is 11.1 Å². The van der Waals surface area contributed by atoms with Gasteiger partial charge in [-0.3, -0.25) is 0 Å². The number of carbonyl (C=O) groups is 1. The maximum absolute atomic E-state index is 11.3. The second kappa shape index (κ2) is 13.4. The molecular weight excluding hydrogens is 363 g/mol. The van der Waals surface area contributed by atoms with Crippen LogP contribution < -0.4 is 56.5 Å². The predicted octanol–water partition coefficient (Wildman–Crippen LogP) is 2.38. The molecule has 148 valence electrons. The van der Waals surface area contributed by atoms with Crippen molar-refractivity contribution in [2.24, 2.45) is 5.92 Å². The molecule has 0 aromatic heterocycles. The van der Waals surface area contributed by atoms with Crippen molar-refractivity contribution in [1.82, 2.24) is 0 Å². The Morgan fingerprint density at radius 1 is 1.00 bits per heavy atom. The summed E-state index contributed by atoms with van der Waals surface area (Å²) in [6.07, 6.45) is 10.5. The predicted molar refractivity (Wildman–Crippen MR) is 107 cm³/mol. The van der Waals surface area contributed by atoms with E-state index in [1.165, 1.54) is 38.5 Å². The van der Waals surface area contributed by atoms with Gasteiger partial charge in [0.1, 0.15) is 5.75 Å². The second-order valence-corrected chi connectivity index (χ2v) is 8.98. The van der Waals surface area contributed by atoms with Crippen LogP contribution >= 0.6 is 0 Å². The fourth-order valence-electron chi connectivity index (χ4n) is 3.23. The van der Waals surface area contributed by atoms with Crippen LogP contribution in [0, 0.1) is 5.92 Å². The summed E-state index contributed by atoms with van der Waals surface area (Å²) in [6.45, 7) is 10.7. The van der Waals surface area contributed by atoms with E-state index in [9.17, 15) is 15.0 Å². The number of rotatable bonds is 11. The average Bonchev–Trinajstić information content (AvgIpc) is 2.52. The Labute approximate surface area is 208 Å². The number of unbranched alkanes of at least 4 members (excludes halogenated alkanes) is 6. The molecule has 0 aliphatic carbocycles. The zero-order chi connectivity index (χ0) is 19.7. The first-order chi connectivity index (χ1) is 12.1. The number of aromatic hydroxyl groups is 1. The van der Waals surface area contributed by atoms with E-state index in [-0.39, 0.29) is 68.1 Å². The summed E-state index contributed by atoms with van der Waals surface area (Å²) in [5.41, 5.74) is 1.41. The normalized spacial score (nSPS) is 11.5. The third-order valence-corrected chi connectivity index (χ3v) is 5.00. The van der Waals surface area contributed by atoms with Gasteiger partial charge < -0.3 is 15.0 Å². The van der Waals surface area contributed by atoms with Gasteiger partial charge in [0.15, 0.2) is 0 Å². The van der Waals surface area contributed by atoms with E-state index in [2.05, 4.69) is 13.8 Å². The van der Waals surface area contributed by atoms with Gasteiger partial charge in [-0.25, -0.2) is 0 Å². The minimum Gasteiger partial charge on any atom is -0.545 e.